The van der Waals surface area contributed by atoms with Crippen LogP contribution in [0, 0.1) is 23.1 Å². The quantitative estimate of drug-likeness (QED) is 0.598. The monoisotopic (exact) mass is 531 g/mol. The highest BCUT2D eigenvalue weighted by molar-refractivity contribution is 7.92. The Balaban J connectivity index is 1.54. The molecular weight excluding hydrogens is 500 g/mol. The Morgan fingerprint density at radius 2 is 2.00 bits per heavy atom. The van der Waals surface area contributed by atoms with Crippen molar-refractivity contribution in [2.24, 2.45) is 28.0 Å². The van der Waals surface area contributed by atoms with E-state index in [2.05, 4.69) is 5.32 Å². The zero-order valence-electron chi connectivity index (χ0n) is 20.8. The highest BCUT2D eigenvalue weighted by Crippen LogP contribution is 2.52. The number of sulfone groups is 1. The normalized spacial score (nSPS) is 32.9. The number of nitrogens with one attached hydrogen (secondary N) is 1. The number of hydrogen-bond acceptors (Lipinski definition) is 6. The average molecular weight is 532 g/mol. The fraction of sp³-hybridized carbons (Fsp3) is 0.481. The number of hydrogen-bond donors (Lipinski definition) is 2. The molecule has 4 unspecified atom stereocenters. The summed E-state index contributed by atoms with van der Waals surface area (Å²) in [5, 5.41) is 1.63. The standard InChI is InChI=1S/C27H31F2N3O4S/c1-3-16-10-17(4-7-19(28)11-16)24(33)31-20-8-9-22(29)21(12-20)27-14-36-13-23(27)37(34,35)15-26(2,18-5-6-18)25(30)32-27/h4,7-12,16,18,23H,3,5-6,13-15H2,1-2H3,(H2,30,32)(H,31,33). The Morgan fingerprint density at radius 1 is 1.24 bits per heavy atom. The van der Waals surface area contributed by atoms with E-state index in [9.17, 15) is 17.6 Å². The fourth-order valence-corrected chi connectivity index (χ4v) is 8.21. The maximum Gasteiger partial charge on any atom is 0.255 e. The predicted molar refractivity (Wildman–Crippen MR) is 138 cm³/mol. The molecule has 0 radical (unpaired) electrons. The van der Waals surface area contributed by atoms with Crippen LogP contribution in [0.15, 0.2) is 58.9 Å². The number of aliphatic imine (C=N–C) groups is 1. The van der Waals surface area contributed by atoms with E-state index in [1.807, 2.05) is 13.8 Å². The van der Waals surface area contributed by atoms with E-state index in [1.165, 1.54) is 36.4 Å². The van der Waals surface area contributed by atoms with Crippen LogP contribution >= 0.6 is 0 Å². The third-order valence-electron chi connectivity index (χ3n) is 8.06. The van der Waals surface area contributed by atoms with Gasteiger partial charge in [-0.3, -0.25) is 9.79 Å². The zero-order chi connectivity index (χ0) is 26.6. The molecule has 7 nitrogen and oxygen atoms in total. The summed E-state index contributed by atoms with van der Waals surface area (Å²) in [6.45, 7) is 3.44. The minimum atomic E-state index is -3.77. The molecule has 0 spiro atoms. The van der Waals surface area contributed by atoms with Crippen molar-refractivity contribution in [3.05, 3.63) is 65.3 Å². The van der Waals surface area contributed by atoms with Crippen LogP contribution in [0.4, 0.5) is 14.5 Å². The molecule has 1 aromatic rings. The number of carbonyl (C=O) groups excluding carboxylic acids is 1. The number of anilines is 1. The molecule has 37 heavy (non-hydrogen) atoms. The molecule has 1 aromatic carbocycles. The number of halogens is 2. The number of benzene rings is 1. The van der Waals surface area contributed by atoms with Gasteiger partial charge in [0.05, 0.1) is 19.0 Å². The average Bonchev–Trinajstić information content (AvgIpc) is 3.64. The SMILES string of the molecule is CCC1C=C(F)C=CC(C(=O)Nc2ccc(F)c(C34COCC3S(=O)(=O)CC(C)(C3CC3)C(N)=N4)c2)=C1. The van der Waals surface area contributed by atoms with Gasteiger partial charge in [0.15, 0.2) is 9.84 Å². The van der Waals surface area contributed by atoms with Gasteiger partial charge < -0.3 is 15.8 Å². The molecule has 10 heteroatoms. The number of nitrogens with zero attached hydrogens (tertiary/aromatic N) is 1. The molecule has 2 aliphatic carbocycles. The van der Waals surface area contributed by atoms with Crippen LogP contribution in [0.1, 0.15) is 38.7 Å². The van der Waals surface area contributed by atoms with Crippen molar-refractivity contribution in [3.63, 3.8) is 0 Å². The van der Waals surface area contributed by atoms with E-state index < -0.39 is 43.6 Å². The summed E-state index contributed by atoms with van der Waals surface area (Å²) >= 11 is 0. The number of amides is 1. The number of amidine groups is 1. The minimum Gasteiger partial charge on any atom is -0.387 e. The van der Waals surface area contributed by atoms with Gasteiger partial charge in [0.25, 0.3) is 5.91 Å². The first-order valence-corrected chi connectivity index (χ1v) is 14.2. The van der Waals surface area contributed by atoms with Crippen LogP contribution in [-0.2, 0) is 24.9 Å². The van der Waals surface area contributed by atoms with Crippen LogP contribution in [0.2, 0.25) is 0 Å². The fourth-order valence-electron chi connectivity index (χ4n) is 5.64. The number of ether oxygens (including phenoxy) is 1. The Labute approximate surface area is 215 Å². The van der Waals surface area contributed by atoms with Crippen molar-refractivity contribution in [1.29, 1.82) is 0 Å². The van der Waals surface area contributed by atoms with Gasteiger partial charge in [-0.15, -0.1) is 0 Å². The van der Waals surface area contributed by atoms with E-state index >= 15 is 4.39 Å². The van der Waals surface area contributed by atoms with Gasteiger partial charge in [-0.1, -0.05) is 19.9 Å². The van der Waals surface area contributed by atoms with E-state index in [0.29, 0.717) is 6.42 Å². The van der Waals surface area contributed by atoms with Crippen LogP contribution in [-0.4, -0.2) is 44.4 Å². The second kappa shape index (κ2) is 9.16. The van der Waals surface area contributed by atoms with Crippen molar-refractivity contribution < 1.29 is 26.7 Å². The summed E-state index contributed by atoms with van der Waals surface area (Å²) in [6.07, 6.45) is 8.08. The van der Waals surface area contributed by atoms with Gasteiger partial charge in [-0.2, -0.15) is 0 Å². The topological polar surface area (TPSA) is 111 Å². The molecule has 2 fully saturated rings. The molecular formula is C27H31F2N3O4S. The van der Waals surface area contributed by atoms with Gasteiger partial charge in [-0.25, -0.2) is 17.2 Å². The Bertz CT molecular complexity index is 1370. The summed E-state index contributed by atoms with van der Waals surface area (Å²) in [5.41, 5.74) is 4.59. The third-order valence-corrected chi connectivity index (χ3v) is 10.5. The summed E-state index contributed by atoms with van der Waals surface area (Å²) in [4.78, 5) is 17.8. The molecule has 198 valence electrons. The Morgan fingerprint density at radius 3 is 2.70 bits per heavy atom. The molecule has 0 bridgehead atoms. The lowest BCUT2D eigenvalue weighted by atomic mass is 9.84. The molecule has 2 heterocycles. The first-order chi connectivity index (χ1) is 17.5. The number of rotatable bonds is 5. The van der Waals surface area contributed by atoms with Crippen molar-refractivity contribution in [1.82, 2.24) is 0 Å². The van der Waals surface area contributed by atoms with Crippen LogP contribution in [0.5, 0.6) is 0 Å². The third kappa shape index (κ3) is 4.54. The summed E-state index contributed by atoms with van der Waals surface area (Å²) in [6, 6.07) is 3.96. The number of nitrogens with two attached hydrogens (primary N) is 1. The van der Waals surface area contributed by atoms with Crippen LogP contribution in [0.25, 0.3) is 0 Å². The molecule has 0 aromatic heterocycles. The molecule has 1 amide bonds. The lowest BCUT2D eigenvalue weighted by Crippen LogP contribution is -2.44. The predicted octanol–water partition coefficient (Wildman–Crippen LogP) is 3.94. The molecule has 2 aliphatic heterocycles. The summed E-state index contributed by atoms with van der Waals surface area (Å²) in [5.74, 6) is -1.70. The van der Waals surface area contributed by atoms with Crippen molar-refractivity contribution in [2.45, 2.75) is 43.9 Å². The van der Waals surface area contributed by atoms with E-state index in [1.54, 1.807) is 6.08 Å². The lowest BCUT2D eigenvalue weighted by Gasteiger charge is -2.29. The van der Waals surface area contributed by atoms with E-state index in [0.717, 1.165) is 12.8 Å². The largest absolute Gasteiger partial charge is 0.387 e. The molecule has 1 saturated carbocycles. The van der Waals surface area contributed by atoms with Crippen molar-refractivity contribution in [2.75, 3.05) is 24.3 Å². The molecule has 3 N–H and O–H groups in total. The smallest absolute Gasteiger partial charge is 0.255 e. The lowest BCUT2D eigenvalue weighted by molar-refractivity contribution is -0.112. The number of fused-ring (bicyclic) bond motifs is 1. The first-order valence-electron chi connectivity index (χ1n) is 12.5. The first kappa shape index (κ1) is 25.8. The highest BCUT2D eigenvalue weighted by atomic mass is 32.2. The Hall–Kier alpha value is -2.85. The van der Waals surface area contributed by atoms with Gasteiger partial charge in [0.2, 0.25) is 0 Å². The van der Waals surface area contributed by atoms with Crippen molar-refractivity contribution >= 4 is 27.3 Å². The van der Waals surface area contributed by atoms with Gasteiger partial charge in [0.1, 0.15) is 28.3 Å². The minimum absolute atomic E-state index is 0.00362. The number of allylic oxidation sites excluding steroid dienone is 4. The summed E-state index contributed by atoms with van der Waals surface area (Å²) < 4.78 is 62.1. The molecule has 4 aliphatic rings. The maximum absolute atomic E-state index is 15.4. The maximum atomic E-state index is 15.4. The molecule has 5 rings (SSSR count). The van der Waals surface area contributed by atoms with Gasteiger partial charge in [-0.05, 0) is 67.5 Å². The zero-order valence-corrected chi connectivity index (χ0v) is 21.7. The second-order valence-corrected chi connectivity index (χ2v) is 12.8. The van der Waals surface area contributed by atoms with Gasteiger partial charge in [0, 0.05) is 22.2 Å². The Kier molecular flexibility index (Phi) is 6.39. The second-order valence-electron chi connectivity index (χ2n) is 10.7. The number of carbonyl (C=O) groups is 1. The molecule has 1 saturated heterocycles. The van der Waals surface area contributed by atoms with Crippen molar-refractivity contribution in [3.8, 4) is 0 Å². The molecule has 4 atom stereocenters. The highest BCUT2D eigenvalue weighted by Gasteiger charge is 2.60. The van der Waals surface area contributed by atoms with E-state index in [-0.39, 0.29) is 53.5 Å². The van der Waals surface area contributed by atoms with Crippen LogP contribution in [0.3, 0.4) is 0 Å². The van der Waals surface area contributed by atoms with Gasteiger partial charge >= 0.3 is 0 Å². The van der Waals surface area contributed by atoms with E-state index in [4.69, 9.17) is 15.5 Å². The summed E-state index contributed by atoms with van der Waals surface area (Å²) in [7, 11) is -3.77. The van der Waals surface area contributed by atoms with Crippen LogP contribution < -0.4 is 11.1 Å².